The lowest BCUT2D eigenvalue weighted by Crippen LogP contribution is -2.35. The maximum atomic E-state index is 14.7. The fourth-order valence-electron chi connectivity index (χ4n) is 4.93. The second kappa shape index (κ2) is 11.7. The maximum Gasteiger partial charge on any atom is 0.133 e. The highest BCUT2D eigenvalue weighted by Gasteiger charge is 2.15. The Morgan fingerprint density at radius 3 is 2.44 bits per heavy atom. The van der Waals surface area contributed by atoms with Crippen LogP contribution >= 0.6 is 12.4 Å². The van der Waals surface area contributed by atoms with E-state index in [1.807, 2.05) is 42.5 Å². The molecule has 1 fully saturated rings. The third-order valence-corrected chi connectivity index (χ3v) is 6.79. The van der Waals surface area contributed by atoms with Gasteiger partial charge in [0.1, 0.15) is 23.1 Å². The van der Waals surface area contributed by atoms with Crippen LogP contribution in [0.15, 0.2) is 72.8 Å². The van der Waals surface area contributed by atoms with E-state index in [9.17, 15) is 13.9 Å². The van der Waals surface area contributed by atoms with E-state index >= 15 is 0 Å². The molecule has 4 aromatic carbocycles. The van der Waals surface area contributed by atoms with Gasteiger partial charge in [0.25, 0.3) is 0 Å². The largest absolute Gasteiger partial charge is 0.508 e. The third-order valence-electron chi connectivity index (χ3n) is 6.79. The van der Waals surface area contributed by atoms with Crippen LogP contribution in [0.4, 0.5) is 8.78 Å². The van der Waals surface area contributed by atoms with Crippen LogP contribution in [0.5, 0.6) is 11.5 Å². The first-order valence-corrected chi connectivity index (χ1v) is 12.2. The zero-order valence-corrected chi connectivity index (χ0v) is 20.8. The molecule has 6 heteroatoms. The summed E-state index contributed by atoms with van der Waals surface area (Å²) in [4.78, 5) is 0. The summed E-state index contributed by atoms with van der Waals surface area (Å²) in [5.74, 6) is -0.194. The average Bonchev–Trinajstić information content (AvgIpc) is 2.86. The molecular weight excluding hydrogens is 480 g/mol. The van der Waals surface area contributed by atoms with Crippen molar-refractivity contribution in [1.29, 1.82) is 0 Å². The van der Waals surface area contributed by atoms with E-state index < -0.39 is 11.6 Å². The van der Waals surface area contributed by atoms with E-state index in [2.05, 4.69) is 5.32 Å². The van der Waals surface area contributed by atoms with Gasteiger partial charge in [-0.25, -0.2) is 8.78 Å². The molecule has 0 bridgehead atoms. The quantitative estimate of drug-likeness (QED) is 0.272. The van der Waals surface area contributed by atoms with Crippen molar-refractivity contribution in [2.75, 3.05) is 13.2 Å². The predicted octanol–water partition coefficient (Wildman–Crippen LogP) is 7.41. The predicted molar refractivity (Wildman–Crippen MR) is 143 cm³/mol. The molecule has 188 valence electrons. The smallest absolute Gasteiger partial charge is 0.133 e. The van der Waals surface area contributed by atoms with E-state index in [0.717, 1.165) is 46.7 Å². The van der Waals surface area contributed by atoms with E-state index in [0.29, 0.717) is 30.2 Å². The molecule has 3 nitrogen and oxygen atoms in total. The normalized spacial score (nSPS) is 15.4. The summed E-state index contributed by atoms with van der Waals surface area (Å²) >= 11 is 0. The zero-order chi connectivity index (χ0) is 24.2. The van der Waals surface area contributed by atoms with Crippen molar-refractivity contribution in [2.24, 2.45) is 0 Å². The first kappa shape index (κ1) is 25.9. The highest BCUT2D eigenvalue weighted by atomic mass is 35.5. The molecule has 0 spiro atoms. The van der Waals surface area contributed by atoms with Crippen LogP contribution in [0.3, 0.4) is 0 Å². The van der Waals surface area contributed by atoms with Gasteiger partial charge in [-0.2, -0.15) is 0 Å². The summed E-state index contributed by atoms with van der Waals surface area (Å²) in [7, 11) is 0. The van der Waals surface area contributed by atoms with Gasteiger partial charge in [-0.15, -0.1) is 12.4 Å². The number of phenolic OH excluding ortho intramolecular Hbond substituents is 1. The molecule has 1 unspecified atom stereocenters. The van der Waals surface area contributed by atoms with Crippen molar-refractivity contribution in [1.82, 2.24) is 5.32 Å². The minimum atomic E-state index is -0.603. The third kappa shape index (κ3) is 5.97. The number of halogens is 3. The van der Waals surface area contributed by atoms with Gasteiger partial charge < -0.3 is 15.2 Å². The standard InChI is InChI=1S/C30H29F2NO2.ClH/c31-22-7-12-28(30(32)19-22)27-11-6-21-18-24(34)8-13-26(21)29(27)17-20-4-9-25(10-5-20)35-16-14-23-3-1-2-15-33-23;/h4-13,18-19,23,33-34H,1-3,14-17H2;1H. The van der Waals surface area contributed by atoms with E-state index in [-0.39, 0.29) is 18.2 Å². The minimum absolute atomic E-state index is 0. The zero-order valence-electron chi connectivity index (χ0n) is 20.0. The Balaban J connectivity index is 0.00000304. The average molecular weight is 510 g/mol. The van der Waals surface area contributed by atoms with Crippen LogP contribution in [-0.4, -0.2) is 24.3 Å². The van der Waals surface area contributed by atoms with E-state index in [4.69, 9.17) is 4.74 Å². The second-order valence-corrected chi connectivity index (χ2v) is 9.23. The van der Waals surface area contributed by atoms with E-state index in [1.165, 1.54) is 31.4 Å². The highest BCUT2D eigenvalue weighted by molar-refractivity contribution is 5.93. The summed E-state index contributed by atoms with van der Waals surface area (Å²) in [5.41, 5.74) is 3.04. The Morgan fingerprint density at radius 1 is 0.889 bits per heavy atom. The van der Waals surface area contributed by atoms with Gasteiger partial charge in [0, 0.05) is 17.7 Å². The molecule has 36 heavy (non-hydrogen) atoms. The number of benzene rings is 4. The Labute approximate surface area is 216 Å². The molecule has 0 amide bonds. The second-order valence-electron chi connectivity index (χ2n) is 9.23. The molecule has 0 radical (unpaired) electrons. The molecule has 5 rings (SSSR count). The number of fused-ring (bicyclic) bond motifs is 1. The summed E-state index contributed by atoms with van der Waals surface area (Å²) in [6, 6.07) is 21.1. The van der Waals surface area contributed by atoms with Crippen molar-refractivity contribution in [2.45, 2.75) is 38.1 Å². The Kier molecular flexibility index (Phi) is 8.44. The molecule has 0 aliphatic carbocycles. The highest BCUT2D eigenvalue weighted by Crippen LogP contribution is 2.35. The maximum absolute atomic E-state index is 14.7. The number of piperidine rings is 1. The fraction of sp³-hybridized carbons (Fsp3) is 0.267. The van der Waals surface area contributed by atoms with Gasteiger partial charge in [0.2, 0.25) is 0 Å². The lowest BCUT2D eigenvalue weighted by atomic mass is 9.90. The van der Waals surface area contributed by atoms with Crippen LogP contribution in [-0.2, 0) is 6.42 Å². The molecule has 0 aromatic heterocycles. The van der Waals surface area contributed by atoms with Gasteiger partial charge in [-0.05, 0) is 96.1 Å². The van der Waals surface area contributed by atoms with Gasteiger partial charge >= 0.3 is 0 Å². The van der Waals surface area contributed by atoms with Crippen molar-refractivity contribution >= 4 is 23.2 Å². The number of rotatable bonds is 7. The molecule has 4 aromatic rings. The van der Waals surface area contributed by atoms with Gasteiger partial charge in [-0.1, -0.05) is 36.8 Å². The van der Waals surface area contributed by atoms with Crippen LogP contribution < -0.4 is 10.1 Å². The molecule has 1 heterocycles. The number of hydrogen-bond donors (Lipinski definition) is 2. The van der Waals surface area contributed by atoms with Crippen molar-refractivity contribution in [3.8, 4) is 22.6 Å². The summed E-state index contributed by atoms with van der Waals surface area (Å²) in [6.45, 7) is 1.77. The first-order valence-electron chi connectivity index (χ1n) is 12.2. The van der Waals surface area contributed by atoms with Crippen molar-refractivity contribution < 1.29 is 18.6 Å². The van der Waals surface area contributed by atoms with E-state index in [1.54, 1.807) is 12.1 Å². The fourth-order valence-corrected chi connectivity index (χ4v) is 4.93. The molecule has 0 saturated carbocycles. The Bertz CT molecular complexity index is 1320. The van der Waals surface area contributed by atoms with Crippen LogP contribution in [0, 0.1) is 11.6 Å². The molecule has 1 saturated heterocycles. The number of aromatic hydroxyl groups is 1. The molecule has 1 aliphatic heterocycles. The van der Waals surface area contributed by atoms with Crippen LogP contribution in [0.25, 0.3) is 21.9 Å². The van der Waals surface area contributed by atoms with Gasteiger partial charge in [0.05, 0.1) is 6.61 Å². The summed E-state index contributed by atoms with van der Waals surface area (Å²) < 4.78 is 34.2. The van der Waals surface area contributed by atoms with Crippen LogP contribution in [0.1, 0.15) is 36.8 Å². The van der Waals surface area contributed by atoms with Crippen LogP contribution in [0.2, 0.25) is 0 Å². The first-order chi connectivity index (χ1) is 17.1. The SMILES string of the molecule is Cl.Oc1ccc2c(Cc3ccc(OCCC4CCCCN4)cc3)c(-c3ccc(F)cc3F)ccc2c1. The number of phenols is 1. The number of nitrogens with one attached hydrogen (secondary N) is 1. The van der Waals surface area contributed by atoms with Gasteiger partial charge in [0.15, 0.2) is 0 Å². The topological polar surface area (TPSA) is 41.5 Å². The van der Waals surface area contributed by atoms with Crippen molar-refractivity contribution in [3.05, 3.63) is 95.6 Å². The lowest BCUT2D eigenvalue weighted by Gasteiger charge is -2.23. The summed E-state index contributed by atoms with van der Waals surface area (Å²) in [6.07, 6.45) is 5.30. The number of hydrogen-bond acceptors (Lipinski definition) is 3. The van der Waals surface area contributed by atoms with Gasteiger partial charge in [-0.3, -0.25) is 0 Å². The molecule has 1 aliphatic rings. The summed E-state index contributed by atoms with van der Waals surface area (Å²) in [5, 5.41) is 15.3. The monoisotopic (exact) mass is 509 g/mol. The Hall–Kier alpha value is -3.15. The Morgan fingerprint density at radius 2 is 1.69 bits per heavy atom. The minimum Gasteiger partial charge on any atom is -0.508 e. The van der Waals surface area contributed by atoms with Crippen molar-refractivity contribution in [3.63, 3.8) is 0 Å². The molecular formula is C30H30ClF2NO2. The molecule has 2 N–H and O–H groups in total. The number of ether oxygens (including phenoxy) is 1. The molecule has 1 atom stereocenters. The lowest BCUT2D eigenvalue weighted by molar-refractivity contribution is 0.268.